The second kappa shape index (κ2) is 4.78. The molecule has 1 heterocycles. The van der Waals surface area contributed by atoms with E-state index in [0.29, 0.717) is 5.75 Å². The Morgan fingerprint density at radius 1 is 1.42 bits per heavy atom. The van der Waals surface area contributed by atoms with E-state index in [0.717, 1.165) is 5.75 Å². The lowest BCUT2D eigenvalue weighted by atomic mass is 10.2. The summed E-state index contributed by atoms with van der Waals surface area (Å²) in [6.45, 7) is 0. The van der Waals surface area contributed by atoms with Crippen molar-refractivity contribution >= 4 is 21.6 Å². The lowest BCUT2D eigenvalue weighted by molar-refractivity contribution is -0.769. The fraction of sp³-hybridized carbons (Fsp3) is 1.00. The van der Waals surface area contributed by atoms with Crippen LogP contribution in [0, 0.1) is 10.1 Å². The topological polar surface area (TPSA) is 61.6 Å². The number of rotatable bonds is 3. The van der Waals surface area contributed by atoms with E-state index in [4.69, 9.17) is 4.74 Å². The van der Waals surface area contributed by atoms with E-state index in [-0.39, 0.29) is 6.10 Å². The molecule has 0 aromatic carbocycles. The van der Waals surface area contributed by atoms with Gasteiger partial charge in [0.2, 0.25) is 0 Å². The van der Waals surface area contributed by atoms with E-state index >= 15 is 0 Å². The minimum atomic E-state index is -0.757. The van der Waals surface area contributed by atoms with Gasteiger partial charge in [-0.2, -0.15) is 0 Å². The molecule has 0 saturated carbocycles. The summed E-state index contributed by atoms with van der Waals surface area (Å²) >= 11 is 0. The standard InChI is InChI=1S/C5H9NO4S2/c1-9-4-2-11-12-3-5(4)10-6(7)8/h4-5H,2-3H2,1H3. The van der Waals surface area contributed by atoms with Crippen LogP contribution in [-0.2, 0) is 9.57 Å². The number of hydrogen-bond donors (Lipinski definition) is 0. The van der Waals surface area contributed by atoms with Crippen molar-refractivity contribution in [1.29, 1.82) is 0 Å². The van der Waals surface area contributed by atoms with Gasteiger partial charge in [-0.3, -0.25) is 0 Å². The molecule has 2 atom stereocenters. The predicted octanol–water partition coefficient (Wildman–Crippen LogP) is 0.973. The fourth-order valence-corrected chi connectivity index (χ4v) is 3.34. The Morgan fingerprint density at radius 3 is 2.50 bits per heavy atom. The van der Waals surface area contributed by atoms with Gasteiger partial charge in [0.05, 0.1) is 6.10 Å². The second-order valence-corrected chi connectivity index (χ2v) is 4.76. The van der Waals surface area contributed by atoms with Crippen LogP contribution in [0.4, 0.5) is 0 Å². The van der Waals surface area contributed by atoms with Crippen molar-refractivity contribution in [2.24, 2.45) is 0 Å². The van der Waals surface area contributed by atoms with Crippen LogP contribution in [0.15, 0.2) is 0 Å². The van der Waals surface area contributed by atoms with Crippen LogP contribution < -0.4 is 0 Å². The summed E-state index contributed by atoms with van der Waals surface area (Å²) in [5.74, 6) is 1.34. The third kappa shape index (κ3) is 2.72. The number of ether oxygens (including phenoxy) is 1. The maximum atomic E-state index is 10.0. The highest BCUT2D eigenvalue weighted by Gasteiger charge is 2.28. The van der Waals surface area contributed by atoms with Crippen LogP contribution in [0.25, 0.3) is 0 Å². The minimum absolute atomic E-state index is 0.165. The summed E-state index contributed by atoms with van der Waals surface area (Å²) < 4.78 is 5.04. The molecule has 1 rings (SSSR count). The zero-order valence-electron chi connectivity index (χ0n) is 6.47. The molecule has 1 fully saturated rings. The molecule has 0 bridgehead atoms. The SMILES string of the molecule is COC1CSSCC1O[N+](=O)[O-]. The van der Waals surface area contributed by atoms with Crippen molar-refractivity contribution in [3.63, 3.8) is 0 Å². The summed E-state index contributed by atoms with van der Waals surface area (Å²) in [4.78, 5) is 14.5. The fourth-order valence-electron chi connectivity index (χ4n) is 0.874. The van der Waals surface area contributed by atoms with Crippen LogP contribution in [0.5, 0.6) is 0 Å². The molecule has 1 aliphatic heterocycles. The van der Waals surface area contributed by atoms with Gasteiger partial charge in [-0.15, -0.1) is 10.1 Å². The summed E-state index contributed by atoms with van der Waals surface area (Å²) in [5, 5.41) is 9.28. The molecule has 70 valence electrons. The third-order valence-electron chi connectivity index (χ3n) is 1.49. The van der Waals surface area contributed by atoms with Gasteiger partial charge in [-0.1, -0.05) is 21.6 Å². The van der Waals surface area contributed by atoms with Crippen molar-refractivity contribution in [2.45, 2.75) is 12.2 Å². The Hall–Kier alpha value is -0.140. The van der Waals surface area contributed by atoms with Gasteiger partial charge >= 0.3 is 0 Å². The van der Waals surface area contributed by atoms with Crippen LogP contribution in [0.3, 0.4) is 0 Å². The summed E-state index contributed by atoms with van der Waals surface area (Å²) in [6, 6.07) is 0. The van der Waals surface area contributed by atoms with Gasteiger partial charge in [0.1, 0.15) is 6.10 Å². The molecule has 0 radical (unpaired) electrons. The Labute approximate surface area is 77.7 Å². The maximum Gasteiger partial charge on any atom is 0.294 e. The molecule has 0 aromatic heterocycles. The van der Waals surface area contributed by atoms with Crippen molar-refractivity contribution in [2.75, 3.05) is 18.6 Å². The van der Waals surface area contributed by atoms with Gasteiger partial charge in [0.25, 0.3) is 5.09 Å². The molecule has 1 aliphatic rings. The van der Waals surface area contributed by atoms with E-state index in [1.165, 1.54) is 7.11 Å². The lowest BCUT2D eigenvalue weighted by Gasteiger charge is -2.27. The smallest absolute Gasteiger partial charge is 0.294 e. The average molecular weight is 211 g/mol. The predicted molar refractivity (Wildman–Crippen MR) is 47.6 cm³/mol. The van der Waals surface area contributed by atoms with Gasteiger partial charge in [0, 0.05) is 18.6 Å². The van der Waals surface area contributed by atoms with E-state index in [2.05, 4.69) is 4.84 Å². The molecule has 2 unspecified atom stereocenters. The van der Waals surface area contributed by atoms with E-state index < -0.39 is 11.2 Å². The molecule has 12 heavy (non-hydrogen) atoms. The Balaban J connectivity index is 2.41. The molecule has 0 N–H and O–H groups in total. The number of nitrogens with zero attached hydrogens (tertiary/aromatic N) is 1. The first-order valence-corrected chi connectivity index (χ1v) is 5.81. The van der Waals surface area contributed by atoms with Crippen LogP contribution >= 0.6 is 21.6 Å². The molecular formula is C5H9NO4S2. The normalized spacial score (nSPS) is 29.8. The van der Waals surface area contributed by atoms with Gasteiger partial charge in [0.15, 0.2) is 0 Å². The zero-order valence-corrected chi connectivity index (χ0v) is 8.10. The van der Waals surface area contributed by atoms with Crippen LogP contribution in [0.2, 0.25) is 0 Å². The number of hydrogen-bond acceptors (Lipinski definition) is 6. The molecular weight excluding hydrogens is 202 g/mol. The molecule has 5 nitrogen and oxygen atoms in total. The minimum Gasteiger partial charge on any atom is -0.378 e. The van der Waals surface area contributed by atoms with E-state index in [1.54, 1.807) is 21.6 Å². The quantitative estimate of drug-likeness (QED) is 0.394. The summed E-state index contributed by atoms with van der Waals surface area (Å²) in [7, 11) is 4.76. The molecule has 7 heteroatoms. The molecule has 0 amide bonds. The third-order valence-corrected chi connectivity index (χ3v) is 3.90. The summed E-state index contributed by atoms with van der Waals surface area (Å²) in [6.07, 6.45) is -0.585. The Morgan fingerprint density at radius 2 is 2.00 bits per heavy atom. The Kier molecular flexibility index (Phi) is 3.96. The largest absolute Gasteiger partial charge is 0.378 e. The van der Waals surface area contributed by atoms with Gasteiger partial charge in [-0.25, -0.2) is 0 Å². The summed E-state index contributed by atoms with van der Waals surface area (Å²) in [5.41, 5.74) is 0. The van der Waals surface area contributed by atoms with Crippen LogP contribution in [-0.4, -0.2) is 35.9 Å². The van der Waals surface area contributed by atoms with E-state index in [1.807, 2.05) is 0 Å². The lowest BCUT2D eigenvalue weighted by Crippen LogP contribution is -2.38. The van der Waals surface area contributed by atoms with Crippen molar-refractivity contribution in [3.05, 3.63) is 10.1 Å². The molecule has 1 saturated heterocycles. The molecule has 0 spiro atoms. The number of methoxy groups -OCH3 is 1. The highest BCUT2D eigenvalue weighted by Crippen LogP contribution is 2.32. The first-order valence-electron chi connectivity index (χ1n) is 3.32. The maximum absolute atomic E-state index is 10.0. The van der Waals surface area contributed by atoms with Crippen molar-refractivity contribution < 1.29 is 14.7 Å². The van der Waals surface area contributed by atoms with Gasteiger partial charge in [-0.05, 0) is 0 Å². The zero-order chi connectivity index (χ0) is 8.97. The van der Waals surface area contributed by atoms with Gasteiger partial charge < -0.3 is 9.57 Å². The molecule has 0 aromatic rings. The first-order chi connectivity index (χ1) is 5.74. The average Bonchev–Trinajstić information content (AvgIpc) is 2.04. The Bertz CT molecular complexity index is 168. The second-order valence-electron chi connectivity index (χ2n) is 2.21. The highest BCUT2D eigenvalue weighted by atomic mass is 33.1. The van der Waals surface area contributed by atoms with Crippen molar-refractivity contribution in [3.8, 4) is 0 Å². The molecule has 0 aliphatic carbocycles. The first kappa shape index (κ1) is 9.94. The van der Waals surface area contributed by atoms with Crippen molar-refractivity contribution in [1.82, 2.24) is 0 Å². The monoisotopic (exact) mass is 211 g/mol. The highest BCUT2D eigenvalue weighted by molar-refractivity contribution is 8.76. The van der Waals surface area contributed by atoms with Crippen LogP contribution in [0.1, 0.15) is 0 Å². The van der Waals surface area contributed by atoms with E-state index in [9.17, 15) is 10.1 Å².